The van der Waals surface area contributed by atoms with Crippen molar-refractivity contribution in [3.05, 3.63) is 74.1 Å². The van der Waals surface area contributed by atoms with E-state index in [9.17, 15) is 14.4 Å². The maximum absolute atomic E-state index is 12.9. The average molecular weight is 337 g/mol. The van der Waals surface area contributed by atoms with E-state index in [4.69, 9.17) is 0 Å². The summed E-state index contributed by atoms with van der Waals surface area (Å²) in [6, 6.07) is 9.58. The van der Waals surface area contributed by atoms with Gasteiger partial charge in [-0.05, 0) is 12.0 Å². The van der Waals surface area contributed by atoms with Crippen LogP contribution in [0.5, 0.6) is 0 Å². The highest BCUT2D eigenvalue weighted by molar-refractivity contribution is 5.89. The monoisotopic (exact) mass is 337 g/mol. The molecule has 1 aromatic carbocycles. The SMILES string of the molecule is Cn1c2c(c(=O)n(C)c1=O)[C@H](c1ccccc1)[C@H]1C(=O)CCC=C1N2. The molecule has 0 spiro atoms. The quantitative estimate of drug-likeness (QED) is 0.856. The Hall–Kier alpha value is -2.89. The molecule has 1 aliphatic carbocycles. The number of anilines is 1. The van der Waals surface area contributed by atoms with Gasteiger partial charge in [-0.2, -0.15) is 0 Å². The lowest BCUT2D eigenvalue weighted by atomic mass is 9.72. The summed E-state index contributed by atoms with van der Waals surface area (Å²) < 4.78 is 2.56. The molecule has 0 saturated carbocycles. The van der Waals surface area contributed by atoms with Crippen molar-refractivity contribution in [3.63, 3.8) is 0 Å². The predicted octanol–water partition coefficient (Wildman–Crippen LogP) is 1.50. The summed E-state index contributed by atoms with van der Waals surface area (Å²) in [7, 11) is 3.11. The molecule has 0 bridgehead atoms. The molecule has 1 aliphatic heterocycles. The van der Waals surface area contributed by atoms with E-state index in [-0.39, 0.29) is 23.0 Å². The van der Waals surface area contributed by atoms with Gasteiger partial charge in [0.15, 0.2) is 0 Å². The molecular weight excluding hydrogens is 318 g/mol. The van der Waals surface area contributed by atoms with Crippen LogP contribution >= 0.6 is 0 Å². The van der Waals surface area contributed by atoms with Crippen LogP contribution < -0.4 is 16.6 Å². The van der Waals surface area contributed by atoms with Gasteiger partial charge in [0, 0.05) is 32.1 Å². The number of nitrogens with zero attached hydrogens (tertiary/aromatic N) is 2. The first-order chi connectivity index (χ1) is 12.0. The standard InChI is InChI=1S/C19H19N3O3/c1-21-17-16(18(24)22(2)19(21)25)14(11-7-4-3-5-8-11)15-12(20-17)9-6-10-13(15)23/h3-5,7-9,14-15,20H,6,10H2,1-2H3/t14-,15-/m1/s1. The van der Waals surface area contributed by atoms with Crippen molar-refractivity contribution in [2.24, 2.45) is 20.0 Å². The molecule has 1 N–H and O–H groups in total. The number of nitrogens with one attached hydrogen (secondary N) is 1. The van der Waals surface area contributed by atoms with Crippen LogP contribution in [0.1, 0.15) is 29.9 Å². The van der Waals surface area contributed by atoms with Gasteiger partial charge in [-0.3, -0.25) is 18.7 Å². The van der Waals surface area contributed by atoms with Crippen LogP contribution in [0.4, 0.5) is 5.82 Å². The van der Waals surface area contributed by atoms with Crippen molar-refractivity contribution in [1.29, 1.82) is 0 Å². The second-order valence-electron chi connectivity index (χ2n) is 6.62. The van der Waals surface area contributed by atoms with Gasteiger partial charge in [-0.15, -0.1) is 0 Å². The number of Topliss-reactive ketones (excluding diaryl/α,β-unsaturated/α-hetero) is 1. The van der Waals surface area contributed by atoms with E-state index >= 15 is 0 Å². The van der Waals surface area contributed by atoms with Gasteiger partial charge in [0.1, 0.15) is 11.6 Å². The highest BCUT2D eigenvalue weighted by atomic mass is 16.2. The van der Waals surface area contributed by atoms with Crippen LogP contribution in [0, 0.1) is 5.92 Å². The molecule has 1 aromatic heterocycles. The van der Waals surface area contributed by atoms with Crippen molar-refractivity contribution in [1.82, 2.24) is 9.13 Å². The Kier molecular flexibility index (Phi) is 3.49. The highest BCUT2D eigenvalue weighted by Gasteiger charge is 2.42. The summed E-state index contributed by atoms with van der Waals surface area (Å²) >= 11 is 0. The number of fused-ring (bicyclic) bond motifs is 2. The molecule has 2 heterocycles. The van der Waals surface area contributed by atoms with E-state index in [1.54, 1.807) is 7.05 Å². The normalized spacial score (nSPS) is 21.8. The number of benzene rings is 1. The smallest absolute Gasteiger partial charge is 0.332 e. The fourth-order valence-corrected chi connectivity index (χ4v) is 3.94. The zero-order valence-electron chi connectivity index (χ0n) is 14.2. The van der Waals surface area contributed by atoms with Gasteiger partial charge in [0.2, 0.25) is 0 Å². The van der Waals surface area contributed by atoms with Crippen LogP contribution in [0.25, 0.3) is 0 Å². The first-order valence-corrected chi connectivity index (χ1v) is 8.35. The number of ketones is 1. The number of hydrogen-bond acceptors (Lipinski definition) is 4. The van der Waals surface area contributed by atoms with E-state index in [0.717, 1.165) is 15.8 Å². The summed E-state index contributed by atoms with van der Waals surface area (Å²) in [6.45, 7) is 0. The lowest BCUT2D eigenvalue weighted by molar-refractivity contribution is -0.122. The molecule has 128 valence electrons. The Morgan fingerprint density at radius 3 is 2.44 bits per heavy atom. The largest absolute Gasteiger partial charge is 0.344 e. The van der Waals surface area contributed by atoms with E-state index in [0.29, 0.717) is 24.2 Å². The fraction of sp³-hybridized carbons (Fsp3) is 0.316. The predicted molar refractivity (Wildman–Crippen MR) is 94.6 cm³/mol. The number of carbonyl (C=O) groups excluding carboxylic acids is 1. The first-order valence-electron chi connectivity index (χ1n) is 8.35. The van der Waals surface area contributed by atoms with E-state index in [1.807, 2.05) is 36.4 Å². The Bertz CT molecular complexity index is 1010. The minimum absolute atomic E-state index is 0.125. The number of rotatable bonds is 1. The molecule has 6 heteroatoms. The molecule has 4 rings (SSSR count). The zero-order chi connectivity index (χ0) is 17.7. The van der Waals surface area contributed by atoms with E-state index in [1.165, 1.54) is 11.6 Å². The molecule has 25 heavy (non-hydrogen) atoms. The number of hydrogen-bond donors (Lipinski definition) is 1. The Morgan fingerprint density at radius 2 is 1.72 bits per heavy atom. The Morgan fingerprint density at radius 1 is 1.00 bits per heavy atom. The van der Waals surface area contributed by atoms with Crippen LogP contribution in [-0.4, -0.2) is 14.9 Å². The third-order valence-electron chi connectivity index (χ3n) is 5.20. The molecule has 0 amide bonds. The van der Waals surface area contributed by atoms with Crippen molar-refractivity contribution in [2.75, 3.05) is 5.32 Å². The summed E-state index contributed by atoms with van der Waals surface area (Å²) in [5.74, 6) is -0.185. The zero-order valence-corrected chi connectivity index (χ0v) is 14.2. The molecule has 0 saturated heterocycles. The summed E-state index contributed by atoms with van der Waals surface area (Å²) in [5, 5.41) is 3.20. The molecule has 2 aliphatic rings. The third kappa shape index (κ3) is 2.21. The molecule has 0 fully saturated rings. The van der Waals surface area contributed by atoms with Crippen molar-refractivity contribution in [3.8, 4) is 0 Å². The van der Waals surface area contributed by atoms with Crippen molar-refractivity contribution in [2.45, 2.75) is 18.8 Å². The number of allylic oxidation sites excluding steroid dienone is 2. The van der Waals surface area contributed by atoms with E-state index in [2.05, 4.69) is 5.32 Å². The molecule has 6 nitrogen and oxygen atoms in total. The van der Waals surface area contributed by atoms with Gasteiger partial charge >= 0.3 is 5.69 Å². The maximum Gasteiger partial charge on any atom is 0.332 e. The van der Waals surface area contributed by atoms with Crippen molar-refractivity contribution < 1.29 is 4.79 Å². The minimum atomic E-state index is -0.408. The lowest BCUT2D eigenvalue weighted by Gasteiger charge is -2.38. The number of aromatic nitrogens is 2. The van der Waals surface area contributed by atoms with Gasteiger partial charge in [0.05, 0.1) is 11.5 Å². The van der Waals surface area contributed by atoms with Gasteiger partial charge in [0.25, 0.3) is 5.56 Å². The molecule has 2 atom stereocenters. The Balaban J connectivity index is 2.09. The summed E-state index contributed by atoms with van der Waals surface area (Å²) in [5.41, 5.74) is 1.45. The molecule has 0 radical (unpaired) electrons. The summed E-state index contributed by atoms with van der Waals surface area (Å²) in [6.07, 6.45) is 3.15. The topological polar surface area (TPSA) is 73.1 Å². The first kappa shape index (κ1) is 15.6. The maximum atomic E-state index is 12.9. The van der Waals surface area contributed by atoms with Gasteiger partial charge in [-0.1, -0.05) is 36.4 Å². The van der Waals surface area contributed by atoms with Crippen LogP contribution in [-0.2, 0) is 18.9 Å². The van der Waals surface area contributed by atoms with Crippen LogP contribution in [0.15, 0.2) is 51.7 Å². The second-order valence-corrected chi connectivity index (χ2v) is 6.62. The van der Waals surface area contributed by atoms with E-state index < -0.39 is 5.92 Å². The Labute approximate surface area is 144 Å². The highest BCUT2D eigenvalue weighted by Crippen LogP contribution is 2.44. The van der Waals surface area contributed by atoms with Gasteiger partial charge < -0.3 is 5.32 Å². The summed E-state index contributed by atoms with van der Waals surface area (Å²) in [4.78, 5) is 38.0. The average Bonchev–Trinajstić information content (AvgIpc) is 2.64. The third-order valence-corrected chi connectivity index (χ3v) is 5.20. The molecular formula is C19H19N3O3. The van der Waals surface area contributed by atoms with Crippen LogP contribution in [0.2, 0.25) is 0 Å². The second kappa shape index (κ2) is 5.58. The van der Waals surface area contributed by atoms with Crippen LogP contribution in [0.3, 0.4) is 0 Å². The minimum Gasteiger partial charge on any atom is -0.344 e. The number of carbonyl (C=O) groups is 1. The van der Waals surface area contributed by atoms with Gasteiger partial charge in [-0.25, -0.2) is 4.79 Å². The lowest BCUT2D eigenvalue weighted by Crippen LogP contribution is -2.46. The van der Waals surface area contributed by atoms with Crippen molar-refractivity contribution >= 4 is 11.6 Å². The molecule has 2 aromatic rings. The molecule has 0 unspecified atom stereocenters. The fourth-order valence-electron chi connectivity index (χ4n) is 3.94.